The topological polar surface area (TPSA) is 115 Å². The number of hydrogen-bond donors (Lipinski definition) is 3. The number of H-pyrrole nitrogens is 1. The Labute approximate surface area is 211 Å². The second-order valence-corrected chi connectivity index (χ2v) is 11.5. The van der Waals surface area contributed by atoms with Crippen LogP contribution in [0, 0.1) is 12.8 Å². The molecule has 2 aromatic carbocycles. The Morgan fingerprint density at radius 3 is 2.58 bits per heavy atom. The highest BCUT2D eigenvalue weighted by Crippen LogP contribution is 2.25. The van der Waals surface area contributed by atoms with Gasteiger partial charge in [-0.15, -0.1) is 0 Å². The van der Waals surface area contributed by atoms with Crippen molar-refractivity contribution in [3.05, 3.63) is 65.9 Å². The molecule has 1 fully saturated rings. The molecule has 2 atom stereocenters. The number of carbonyl (C=O) groups excluding carboxylic acids is 2. The molecule has 0 radical (unpaired) electrons. The number of nitrogens with zero attached hydrogens (tertiary/aromatic N) is 2. The molecular weight excluding hydrogens is 478 g/mol. The minimum Gasteiger partial charge on any atom is -0.355 e. The molecule has 192 valence electrons. The minimum absolute atomic E-state index is 0.00801. The molecule has 10 heteroatoms. The highest BCUT2D eigenvalue weighted by Gasteiger charge is 2.39. The van der Waals surface area contributed by atoms with Crippen molar-refractivity contribution in [2.45, 2.75) is 24.3 Å². The number of piperidine rings is 1. The number of benzene rings is 2. The van der Waals surface area contributed by atoms with Gasteiger partial charge in [-0.05, 0) is 57.8 Å². The largest absolute Gasteiger partial charge is 0.355 e. The van der Waals surface area contributed by atoms with Crippen LogP contribution >= 0.6 is 0 Å². The normalized spacial score (nSPS) is 18.9. The van der Waals surface area contributed by atoms with Crippen LogP contribution in [0.15, 0.2) is 59.5 Å². The SMILES string of the molecule is Cc1ccc2[nH]c(C(=O)N[C@H]3CN(S(=O)(=O)c4ccccc4)CC[C@@H]3C(=O)NCCN(C)C)cc2c1. The average Bonchev–Trinajstić information content (AvgIpc) is 3.27. The number of nitrogens with one attached hydrogen (secondary N) is 3. The zero-order valence-corrected chi connectivity index (χ0v) is 21.6. The van der Waals surface area contributed by atoms with Crippen LogP contribution in [0.2, 0.25) is 0 Å². The lowest BCUT2D eigenvalue weighted by Gasteiger charge is -2.37. The van der Waals surface area contributed by atoms with Gasteiger partial charge in [-0.2, -0.15) is 4.31 Å². The molecule has 1 aliphatic heterocycles. The van der Waals surface area contributed by atoms with E-state index in [0.717, 1.165) is 16.5 Å². The number of fused-ring (bicyclic) bond motifs is 1. The van der Waals surface area contributed by atoms with Gasteiger partial charge in [0.05, 0.1) is 16.9 Å². The molecule has 9 nitrogen and oxygen atoms in total. The number of aryl methyl sites for hydroxylation is 1. The van der Waals surface area contributed by atoms with Gasteiger partial charge in [0, 0.05) is 37.1 Å². The van der Waals surface area contributed by atoms with E-state index in [1.165, 1.54) is 4.31 Å². The molecule has 1 aliphatic rings. The number of rotatable bonds is 8. The van der Waals surface area contributed by atoms with E-state index in [9.17, 15) is 18.0 Å². The molecule has 2 amide bonds. The van der Waals surface area contributed by atoms with Gasteiger partial charge in [0.25, 0.3) is 5.91 Å². The Morgan fingerprint density at radius 2 is 1.86 bits per heavy atom. The quantitative estimate of drug-likeness (QED) is 0.428. The predicted molar refractivity (Wildman–Crippen MR) is 139 cm³/mol. The summed E-state index contributed by atoms with van der Waals surface area (Å²) in [5.41, 5.74) is 2.28. The maximum atomic E-state index is 13.3. The maximum absolute atomic E-state index is 13.3. The molecule has 3 N–H and O–H groups in total. The number of aromatic amines is 1. The van der Waals surface area contributed by atoms with Crippen molar-refractivity contribution >= 4 is 32.7 Å². The summed E-state index contributed by atoms with van der Waals surface area (Å²) >= 11 is 0. The molecule has 0 unspecified atom stereocenters. The molecule has 0 spiro atoms. The second kappa shape index (κ2) is 10.8. The number of hydrogen-bond acceptors (Lipinski definition) is 5. The van der Waals surface area contributed by atoms with Gasteiger partial charge in [0.2, 0.25) is 15.9 Å². The van der Waals surface area contributed by atoms with E-state index in [4.69, 9.17) is 0 Å². The standard InChI is InChI=1S/C26H33N5O4S/c1-18-9-10-22-19(15-18)16-23(28-22)26(33)29-24-17-31(36(34,35)20-7-5-4-6-8-20)13-11-21(24)25(32)27-12-14-30(2)3/h4-10,15-16,21,24,28H,11-14,17H2,1-3H3,(H,27,32)(H,29,33)/t21-,24-/m0/s1. The highest BCUT2D eigenvalue weighted by atomic mass is 32.2. The number of carbonyl (C=O) groups is 2. The summed E-state index contributed by atoms with van der Waals surface area (Å²) in [6, 6.07) is 15.2. The van der Waals surface area contributed by atoms with E-state index < -0.39 is 22.0 Å². The average molecular weight is 512 g/mol. The molecule has 36 heavy (non-hydrogen) atoms. The first-order valence-corrected chi connectivity index (χ1v) is 13.5. The van der Waals surface area contributed by atoms with E-state index in [1.54, 1.807) is 36.4 Å². The molecular formula is C26H33N5O4S. The maximum Gasteiger partial charge on any atom is 0.268 e. The van der Waals surface area contributed by atoms with Crippen molar-refractivity contribution < 1.29 is 18.0 Å². The minimum atomic E-state index is -3.76. The zero-order valence-electron chi connectivity index (χ0n) is 20.8. The van der Waals surface area contributed by atoms with Gasteiger partial charge in [-0.1, -0.05) is 29.8 Å². The number of likely N-dealkylation sites (N-methyl/N-ethyl adjacent to an activating group) is 1. The summed E-state index contributed by atoms with van der Waals surface area (Å²) < 4.78 is 27.9. The fourth-order valence-electron chi connectivity index (χ4n) is 4.50. The Balaban J connectivity index is 1.56. The molecule has 0 saturated carbocycles. The first-order chi connectivity index (χ1) is 17.1. The van der Waals surface area contributed by atoms with Crippen molar-refractivity contribution in [1.29, 1.82) is 0 Å². The molecule has 1 aromatic heterocycles. The third-order valence-corrected chi connectivity index (χ3v) is 8.37. The lowest BCUT2D eigenvalue weighted by molar-refractivity contribution is -0.126. The van der Waals surface area contributed by atoms with Crippen LogP contribution in [0.1, 0.15) is 22.5 Å². The predicted octanol–water partition coefficient (Wildman–Crippen LogP) is 1.96. The first-order valence-electron chi connectivity index (χ1n) is 12.0. The molecule has 2 heterocycles. The van der Waals surface area contributed by atoms with Crippen LogP contribution in [0.5, 0.6) is 0 Å². The third kappa shape index (κ3) is 5.77. The van der Waals surface area contributed by atoms with E-state index in [-0.39, 0.29) is 29.8 Å². The van der Waals surface area contributed by atoms with Crippen molar-refractivity contribution in [3.63, 3.8) is 0 Å². The van der Waals surface area contributed by atoms with E-state index in [0.29, 0.717) is 25.2 Å². The highest BCUT2D eigenvalue weighted by molar-refractivity contribution is 7.89. The fraction of sp³-hybridized carbons (Fsp3) is 0.385. The molecule has 0 bridgehead atoms. The number of sulfonamides is 1. The first kappa shape index (κ1) is 25.9. The van der Waals surface area contributed by atoms with Crippen molar-refractivity contribution in [2.75, 3.05) is 40.3 Å². The van der Waals surface area contributed by atoms with Crippen LogP contribution in [-0.2, 0) is 14.8 Å². The Morgan fingerprint density at radius 1 is 1.11 bits per heavy atom. The fourth-order valence-corrected chi connectivity index (χ4v) is 6.00. The number of aromatic nitrogens is 1. The third-order valence-electron chi connectivity index (χ3n) is 6.49. The van der Waals surface area contributed by atoms with Crippen LogP contribution < -0.4 is 10.6 Å². The van der Waals surface area contributed by atoms with Gasteiger partial charge in [-0.25, -0.2) is 8.42 Å². The summed E-state index contributed by atoms with van der Waals surface area (Å²) in [6.45, 7) is 3.33. The summed E-state index contributed by atoms with van der Waals surface area (Å²) in [7, 11) is 0.0790. The molecule has 4 rings (SSSR count). The molecule has 3 aromatic rings. The van der Waals surface area contributed by atoms with Crippen LogP contribution in [-0.4, -0.2) is 80.7 Å². The van der Waals surface area contributed by atoms with E-state index >= 15 is 0 Å². The number of amides is 2. The van der Waals surface area contributed by atoms with Crippen LogP contribution in [0.25, 0.3) is 10.9 Å². The lowest BCUT2D eigenvalue weighted by Crippen LogP contribution is -2.57. The smallest absolute Gasteiger partial charge is 0.268 e. The van der Waals surface area contributed by atoms with Gasteiger partial charge in [0.15, 0.2) is 0 Å². The van der Waals surface area contributed by atoms with Crippen molar-refractivity contribution in [1.82, 2.24) is 24.8 Å². The van der Waals surface area contributed by atoms with E-state index in [1.807, 2.05) is 44.1 Å². The Hall–Kier alpha value is -3.21. The summed E-state index contributed by atoms with van der Waals surface area (Å²) in [5, 5.41) is 6.79. The van der Waals surface area contributed by atoms with Gasteiger partial charge < -0.3 is 20.5 Å². The van der Waals surface area contributed by atoms with Crippen LogP contribution in [0.3, 0.4) is 0 Å². The molecule has 1 saturated heterocycles. The van der Waals surface area contributed by atoms with E-state index in [2.05, 4.69) is 15.6 Å². The van der Waals surface area contributed by atoms with Gasteiger partial charge in [0.1, 0.15) is 5.69 Å². The summed E-state index contributed by atoms with van der Waals surface area (Å²) in [4.78, 5) is 31.5. The summed E-state index contributed by atoms with van der Waals surface area (Å²) in [6.07, 6.45) is 0.302. The Kier molecular flexibility index (Phi) is 7.77. The van der Waals surface area contributed by atoms with Crippen molar-refractivity contribution in [2.24, 2.45) is 5.92 Å². The summed E-state index contributed by atoms with van der Waals surface area (Å²) in [5.74, 6) is -1.12. The van der Waals surface area contributed by atoms with Crippen molar-refractivity contribution in [3.8, 4) is 0 Å². The second-order valence-electron chi connectivity index (χ2n) is 9.52. The monoisotopic (exact) mass is 511 g/mol. The van der Waals surface area contributed by atoms with Gasteiger partial charge >= 0.3 is 0 Å². The van der Waals surface area contributed by atoms with Gasteiger partial charge in [-0.3, -0.25) is 9.59 Å². The lowest BCUT2D eigenvalue weighted by atomic mass is 9.91. The van der Waals surface area contributed by atoms with Crippen LogP contribution in [0.4, 0.5) is 0 Å². The molecule has 0 aliphatic carbocycles. The zero-order chi connectivity index (χ0) is 25.9. The Bertz CT molecular complexity index is 1340.